The molecular weight excluding hydrogens is 417 g/mol. The number of anilines is 3. The highest BCUT2D eigenvalue weighted by molar-refractivity contribution is 7.19. The number of fused-ring (bicyclic) bond motifs is 7. The molecule has 0 atom stereocenters. The van der Waals surface area contributed by atoms with Crippen LogP contribution in [0.4, 0.5) is 29.9 Å². The summed E-state index contributed by atoms with van der Waals surface area (Å²) in [4.78, 5) is 24.3. The first kappa shape index (κ1) is 20.1. The van der Waals surface area contributed by atoms with Crippen LogP contribution < -0.4 is 16.0 Å². The van der Waals surface area contributed by atoms with Gasteiger partial charge in [-0.3, -0.25) is 4.79 Å². The van der Waals surface area contributed by atoms with E-state index in [1.165, 1.54) is 12.3 Å². The second-order valence-corrected chi connectivity index (χ2v) is 7.55. The van der Waals surface area contributed by atoms with Crippen molar-refractivity contribution in [1.82, 2.24) is 20.3 Å². The van der Waals surface area contributed by atoms with Crippen LogP contribution in [0.5, 0.6) is 0 Å². The molecule has 0 radical (unpaired) electrons. The number of halogens is 3. The maximum atomic E-state index is 13.5. The number of alkyl halides is 3. The molecule has 0 saturated heterocycles. The molecule has 3 heterocycles. The summed E-state index contributed by atoms with van der Waals surface area (Å²) in [5.74, 6) is -0.0880. The molecule has 0 unspecified atom stereocenters. The molecule has 2 aromatic heterocycles. The summed E-state index contributed by atoms with van der Waals surface area (Å²) in [6, 6.07) is 8.15. The van der Waals surface area contributed by atoms with Crippen LogP contribution in [-0.2, 0) is 6.18 Å². The van der Waals surface area contributed by atoms with E-state index in [2.05, 4.69) is 30.9 Å². The van der Waals surface area contributed by atoms with Crippen LogP contribution in [0.2, 0.25) is 0 Å². The maximum Gasteiger partial charge on any atom is 0.434 e. The minimum absolute atomic E-state index is 0.0784. The van der Waals surface area contributed by atoms with Crippen molar-refractivity contribution in [3.05, 3.63) is 47.8 Å². The fraction of sp³-hybridized carbons (Fsp3) is 0.263. The van der Waals surface area contributed by atoms with E-state index in [9.17, 15) is 18.0 Å². The molecule has 0 fully saturated rings. The standard InChI is InChI=1S/C19H17F3N6OS/c20-19(21,22)15-14-13-6-9-24-17(27-13)26-12-5-3-4-11(10-12)16(29)23-7-1-2-8-25-18(28-15)30-14/h3-6,9-10H,1-2,7-8H2,(H,23,29)(H,25,28)(H,24,26,27). The Hall–Kier alpha value is -3.21. The zero-order valence-corrected chi connectivity index (χ0v) is 16.4. The van der Waals surface area contributed by atoms with Gasteiger partial charge in [0.2, 0.25) is 5.95 Å². The number of nitrogens with one attached hydrogen (secondary N) is 3. The van der Waals surface area contributed by atoms with Crippen LogP contribution >= 0.6 is 11.3 Å². The number of hydrogen-bond donors (Lipinski definition) is 3. The SMILES string of the molecule is O=C1NCCCCNc2nc(C(F)(F)F)c(s2)-c2ccnc(n2)Nc2cccc1c2. The maximum absolute atomic E-state index is 13.5. The molecule has 156 valence electrons. The molecule has 7 nitrogen and oxygen atoms in total. The second-order valence-electron chi connectivity index (χ2n) is 6.56. The molecule has 0 aliphatic carbocycles. The largest absolute Gasteiger partial charge is 0.434 e. The van der Waals surface area contributed by atoms with Crippen LogP contribution in [0.15, 0.2) is 36.5 Å². The van der Waals surface area contributed by atoms with Crippen molar-refractivity contribution in [2.24, 2.45) is 0 Å². The number of hydrogen-bond acceptors (Lipinski definition) is 7. The van der Waals surface area contributed by atoms with Gasteiger partial charge >= 0.3 is 6.18 Å². The quantitative estimate of drug-likeness (QED) is 0.489. The first-order valence-corrected chi connectivity index (χ1v) is 10.0. The highest BCUT2D eigenvalue weighted by Gasteiger charge is 2.38. The fourth-order valence-electron chi connectivity index (χ4n) is 2.92. The Morgan fingerprint density at radius 3 is 2.63 bits per heavy atom. The van der Waals surface area contributed by atoms with Crippen molar-refractivity contribution in [3.8, 4) is 10.6 Å². The molecule has 1 amide bonds. The molecule has 3 N–H and O–H groups in total. The van der Waals surface area contributed by atoms with E-state index in [0.29, 0.717) is 37.2 Å². The molecule has 1 aromatic carbocycles. The van der Waals surface area contributed by atoms with Crippen LogP contribution in [0.25, 0.3) is 10.6 Å². The van der Waals surface area contributed by atoms with Crippen molar-refractivity contribution < 1.29 is 18.0 Å². The summed E-state index contributed by atoms with van der Waals surface area (Å²) in [6.45, 7) is 0.894. The van der Waals surface area contributed by atoms with Gasteiger partial charge in [0.25, 0.3) is 5.91 Å². The molecule has 11 heteroatoms. The Morgan fingerprint density at radius 1 is 1.03 bits per heavy atom. The monoisotopic (exact) mass is 434 g/mol. The zero-order valence-electron chi connectivity index (χ0n) is 15.6. The van der Waals surface area contributed by atoms with Gasteiger partial charge in [-0.15, -0.1) is 0 Å². The van der Waals surface area contributed by atoms with Gasteiger partial charge in [-0.25, -0.2) is 15.0 Å². The third-order valence-corrected chi connectivity index (χ3v) is 5.37. The van der Waals surface area contributed by atoms with E-state index in [-0.39, 0.29) is 27.6 Å². The number of amides is 1. The summed E-state index contributed by atoms with van der Waals surface area (Å²) in [6.07, 6.45) is -1.89. The Labute approximate surface area is 173 Å². The lowest BCUT2D eigenvalue weighted by atomic mass is 10.2. The van der Waals surface area contributed by atoms with Crippen molar-refractivity contribution >= 4 is 34.0 Å². The molecule has 30 heavy (non-hydrogen) atoms. The van der Waals surface area contributed by atoms with Crippen molar-refractivity contribution in [3.63, 3.8) is 0 Å². The number of thiazole rings is 1. The average Bonchev–Trinajstić information content (AvgIpc) is 3.15. The van der Waals surface area contributed by atoms with Crippen molar-refractivity contribution in [1.29, 1.82) is 0 Å². The summed E-state index contributed by atoms with van der Waals surface area (Å²) in [5, 5.41) is 8.88. The molecule has 1 aliphatic heterocycles. The zero-order chi connectivity index (χ0) is 21.1. The van der Waals surface area contributed by atoms with Crippen LogP contribution in [0.1, 0.15) is 28.9 Å². The molecule has 4 rings (SSSR count). The normalized spacial score (nSPS) is 14.8. The first-order chi connectivity index (χ1) is 14.4. The lowest BCUT2D eigenvalue weighted by Gasteiger charge is -2.10. The number of carbonyl (C=O) groups excluding carboxylic acids is 1. The first-order valence-electron chi connectivity index (χ1n) is 9.21. The van der Waals surface area contributed by atoms with Crippen LogP contribution in [-0.4, -0.2) is 33.9 Å². The lowest BCUT2D eigenvalue weighted by Crippen LogP contribution is -2.24. The topological polar surface area (TPSA) is 91.8 Å². The van der Waals surface area contributed by atoms with E-state index in [0.717, 1.165) is 11.3 Å². The minimum Gasteiger partial charge on any atom is -0.361 e. The highest BCUT2D eigenvalue weighted by Crippen LogP contribution is 2.41. The van der Waals surface area contributed by atoms with Gasteiger partial charge < -0.3 is 16.0 Å². The van der Waals surface area contributed by atoms with Gasteiger partial charge in [-0.2, -0.15) is 13.2 Å². The summed E-state index contributed by atoms with van der Waals surface area (Å²) in [7, 11) is 0. The average molecular weight is 434 g/mol. The minimum atomic E-state index is -4.61. The molecular formula is C19H17F3N6OS. The van der Waals surface area contributed by atoms with E-state index in [4.69, 9.17) is 0 Å². The smallest absolute Gasteiger partial charge is 0.361 e. The van der Waals surface area contributed by atoms with E-state index in [1.54, 1.807) is 24.3 Å². The Bertz CT molecular complexity index is 1070. The lowest BCUT2D eigenvalue weighted by molar-refractivity contribution is -0.140. The molecule has 3 aromatic rings. The van der Waals surface area contributed by atoms with Gasteiger partial charge in [0.05, 0.1) is 10.6 Å². The summed E-state index contributed by atoms with van der Waals surface area (Å²) >= 11 is 0.899. The predicted octanol–water partition coefficient (Wildman–Crippen LogP) is 4.30. The second kappa shape index (κ2) is 8.27. The summed E-state index contributed by atoms with van der Waals surface area (Å²) in [5.41, 5.74) is 0.148. The Morgan fingerprint density at radius 2 is 1.83 bits per heavy atom. The fourth-order valence-corrected chi connectivity index (χ4v) is 3.90. The molecule has 0 spiro atoms. The molecule has 1 aliphatic rings. The predicted molar refractivity (Wildman–Crippen MR) is 108 cm³/mol. The third-order valence-electron chi connectivity index (χ3n) is 4.33. The Kier molecular flexibility index (Phi) is 5.53. The number of nitrogens with zero attached hydrogens (tertiary/aromatic N) is 3. The van der Waals surface area contributed by atoms with Gasteiger partial charge in [-0.05, 0) is 37.1 Å². The third kappa shape index (κ3) is 4.51. The van der Waals surface area contributed by atoms with Crippen LogP contribution in [0.3, 0.4) is 0 Å². The number of rotatable bonds is 0. The van der Waals surface area contributed by atoms with Gasteiger partial charge in [-0.1, -0.05) is 17.4 Å². The van der Waals surface area contributed by atoms with Crippen molar-refractivity contribution in [2.75, 3.05) is 23.7 Å². The molecule has 6 bridgehead atoms. The van der Waals surface area contributed by atoms with Gasteiger partial charge in [0, 0.05) is 30.5 Å². The van der Waals surface area contributed by atoms with E-state index in [1.807, 2.05) is 0 Å². The van der Waals surface area contributed by atoms with Gasteiger partial charge in [0.15, 0.2) is 10.8 Å². The van der Waals surface area contributed by atoms with E-state index < -0.39 is 11.9 Å². The van der Waals surface area contributed by atoms with E-state index >= 15 is 0 Å². The summed E-state index contributed by atoms with van der Waals surface area (Å²) < 4.78 is 40.6. The number of aromatic nitrogens is 3. The van der Waals surface area contributed by atoms with Crippen LogP contribution in [0, 0.1) is 0 Å². The molecule has 0 saturated carbocycles. The highest BCUT2D eigenvalue weighted by atomic mass is 32.1. The van der Waals surface area contributed by atoms with Crippen molar-refractivity contribution in [2.45, 2.75) is 19.0 Å². The van der Waals surface area contributed by atoms with Gasteiger partial charge in [0.1, 0.15) is 0 Å². The number of carbonyl (C=O) groups is 1. The number of benzene rings is 1. The Balaban J connectivity index is 1.75.